The molecule has 2 aliphatic heterocycles. The van der Waals surface area contributed by atoms with E-state index in [0.717, 1.165) is 25.8 Å². The molecule has 7 nitrogen and oxygen atoms in total. The molecule has 3 heterocycles. The normalized spacial score (nSPS) is 28.0. The van der Waals surface area contributed by atoms with Crippen LogP contribution >= 0.6 is 0 Å². The average molecular weight is 306 g/mol. The summed E-state index contributed by atoms with van der Waals surface area (Å²) < 4.78 is 11.0. The molecule has 3 rings (SSSR count). The molecule has 0 bridgehead atoms. The first-order valence-electron chi connectivity index (χ1n) is 7.65. The number of piperidine rings is 1. The monoisotopic (exact) mass is 306 g/mol. The number of methoxy groups -OCH3 is 1. The van der Waals surface area contributed by atoms with Gasteiger partial charge in [-0.15, -0.1) is 0 Å². The Bertz CT molecular complexity index is 513. The molecule has 120 valence electrons. The van der Waals surface area contributed by atoms with Gasteiger partial charge in [-0.25, -0.2) is 9.97 Å². The molecule has 0 radical (unpaired) electrons. The van der Waals surface area contributed by atoms with Gasteiger partial charge in [0.25, 0.3) is 0 Å². The van der Waals surface area contributed by atoms with E-state index in [4.69, 9.17) is 9.47 Å². The molecule has 0 unspecified atom stereocenters. The highest BCUT2D eigenvalue weighted by atomic mass is 16.5. The summed E-state index contributed by atoms with van der Waals surface area (Å²) >= 11 is 0. The highest BCUT2D eigenvalue weighted by molar-refractivity contribution is 5.77. The zero-order chi connectivity index (χ0) is 15.4. The van der Waals surface area contributed by atoms with Gasteiger partial charge in [0.15, 0.2) is 0 Å². The van der Waals surface area contributed by atoms with Gasteiger partial charge in [0.1, 0.15) is 6.61 Å². The summed E-state index contributed by atoms with van der Waals surface area (Å²) in [5, 5.41) is 3.31. The van der Waals surface area contributed by atoms with Crippen LogP contribution in [0.2, 0.25) is 0 Å². The fourth-order valence-electron chi connectivity index (χ4n) is 3.30. The number of amides is 1. The van der Waals surface area contributed by atoms with E-state index in [1.165, 1.54) is 0 Å². The van der Waals surface area contributed by atoms with Crippen LogP contribution in [0.25, 0.3) is 0 Å². The second-order valence-corrected chi connectivity index (χ2v) is 5.96. The third-order valence-corrected chi connectivity index (χ3v) is 4.27. The van der Waals surface area contributed by atoms with Gasteiger partial charge in [-0.05, 0) is 18.9 Å². The van der Waals surface area contributed by atoms with Crippen molar-refractivity contribution in [2.24, 2.45) is 0 Å². The van der Waals surface area contributed by atoms with Gasteiger partial charge in [-0.3, -0.25) is 4.79 Å². The summed E-state index contributed by atoms with van der Waals surface area (Å²) in [7, 11) is 1.55. The quantitative estimate of drug-likeness (QED) is 0.882. The zero-order valence-corrected chi connectivity index (χ0v) is 12.8. The van der Waals surface area contributed by atoms with Crippen LogP contribution in [0.1, 0.15) is 19.3 Å². The molecular weight excluding hydrogens is 284 g/mol. The summed E-state index contributed by atoms with van der Waals surface area (Å²) in [6, 6.07) is 1.97. The third-order valence-electron chi connectivity index (χ3n) is 4.27. The third kappa shape index (κ3) is 3.36. The van der Waals surface area contributed by atoms with Crippen LogP contribution in [0.15, 0.2) is 18.5 Å². The number of carbonyl (C=O) groups excluding carboxylic acids is 1. The Kier molecular flexibility index (Phi) is 4.54. The molecule has 2 aliphatic rings. The lowest BCUT2D eigenvalue weighted by atomic mass is 9.88. The Hall–Kier alpha value is -1.73. The van der Waals surface area contributed by atoms with Gasteiger partial charge in [0.05, 0.1) is 18.2 Å². The van der Waals surface area contributed by atoms with E-state index in [-0.39, 0.29) is 24.2 Å². The van der Waals surface area contributed by atoms with Crippen molar-refractivity contribution in [3.63, 3.8) is 0 Å². The van der Waals surface area contributed by atoms with Crippen LogP contribution in [0.4, 0.5) is 5.95 Å². The second-order valence-electron chi connectivity index (χ2n) is 5.96. The molecule has 1 aromatic rings. The minimum absolute atomic E-state index is 0.0352. The molecule has 1 aromatic heterocycles. The predicted molar refractivity (Wildman–Crippen MR) is 80.4 cm³/mol. The molecule has 22 heavy (non-hydrogen) atoms. The number of aromatic nitrogens is 2. The predicted octanol–water partition coefficient (Wildman–Crippen LogP) is 0.685. The lowest BCUT2D eigenvalue weighted by molar-refractivity contribution is -0.143. The van der Waals surface area contributed by atoms with E-state index >= 15 is 0 Å². The zero-order valence-electron chi connectivity index (χ0n) is 12.8. The number of anilines is 1. The number of hydrogen-bond acceptors (Lipinski definition) is 6. The number of nitrogens with zero attached hydrogens (tertiary/aromatic N) is 3. The van der Waals surface area contributed by atoms with Crippen molar-refractivity contribution < 1.29 is 14.3 Å². The Labute approximate surface area is 130 Å². The van der Waals surface area contributed by atoms with Crippen molar-refractivity contribution >= 4 is 11.9 Å². The first-order valence-corrected chi connectivity index (χ1v) is 7.65. The van der Waals surface area contributed by atoms with Gasteiger partial charge < -0.3 is 19.7 Å². The van der Waals surface area contributed by atoms with E-state index < -0.39 is 0 Å². The van der Waals surface area contributed by atoms with E-state index in [2.05, 4.69) is 15.3 Å². The highest BCUT2D eigenvalue weighted by Gasteiger charge is 2.44. The Morgan fingerprint density at radius 2 is 2.36 bits per heavy atom. The maximum atomic E-state index is 12.0. The molecule has 0 aliphatic carbocycles. The first-order chi connectivity index (χ1) is 10.7. The van der Waals surface area contributed by atoms with Crippen LogP contribution in [-0.4, -0.2) is 65.8 Å². The van der Waals surface area contributed by atoms with E-state index in [9.17, 15) is 4.79 Å². The van der Waals surface area contributed by atoms with Crippen molar-refractivity contribution in [2.45, 2.75) is 30.9 Å². The van der Waals surface area contributed by atoms with Gasteiger partial charge in [-0.2, -0.15) is 0 Å². The number of rotatable bonds is 4. The molecule has 0 saturated carbocycles. The summed E-state index contributed by atoms with van der Waals surface area (Å²) in [6.07, 6.45) is 6.24. The summed E-state index contributed by atoms with van der Waals surface area (Å²) in [5.74, 6) is 0.657. The van der Waals surface area contributed by atoms with Gasteiger partial charge in [0.2, 0.25) is 11.9 Å². The smallest absolute Gasteiger partial charge is 0.248 e. The summed E-state index contributed by atoms with van der Waals surface area (Å²) in [5.41, 5.74) is -0.242. The van der Waals surface area contributed by atoms with Crippen LogP contribution in [0.5, 0.6) is 0 Å². The van der Waals surface area contributed by atoms with Crippen LogP contribution < -0.4 is 5.32 Å². The molecule has 1 N–H and O–H groups in total. The molecule has 7 heteroatoms. The fourth-order valence-corrected chi connectivity index (χ4v) is 3.30. The van der Waals surface area contributed by atoms with E-state index in [1.807, 2.05) is 4.90 Å². The average Bonchev–Trinajstić information content (AvgIpc) is 2.90. The maximum absolute atomic E-state index is 12.0. The number of hydrogen-bond donors (Lipinski definition) is 1. The van der Waals surface area contributed by atoms with Crippen LogP contribution in [-0.2, 0) is 14.3 Å². The number of nitrogens with one attached hydrogen (secondary N) is 1. The molecular formula is C15H22N4O3. The Morgan fingerprint density at radius 1 is 1.55 bits per heavy atom. The van der Waals surface area contributed by atoms with Crippen molar-refractivity contribution in [3.05, 3.63) is 18.5 Å². The lowest BCUT2D eigenvalue weighted by Gasteiger charge is -2.39. The van der Waals surface area contributed by atoms with Crippen LogP contribution in [0, 0.1) is 0 Å². The standard InChI is InChI=1S/C15H22N4O3/c1-21-10-13(20)19-7-2-4-15(11-19)8-12(9-22-15)18-14-16-5-3-6-17-14/h3,5-6,12H,2,4,7-11H2,1H3,(H,16,17,18)/t12-,15+/m0/s1. The van der Waals surface area contributed by atoms with Gasteiger partial charge in [-0.1, -0.05) is 0 Å². The first kappa shape index (κ1) is 15.2. The highest BCUT2D eigenvalue weighted by Crippen LogP contribution is 2.35. The van der Waals surface area contributed by atoms with Crippen molar-refractivity contribution in [1.29, 1.82) is 0 Å². The molecule has 2 saturated heterocycles. The molecule has 1 spiro atoms. The molecule has 2 fully saturated rings. The molecule has 1 amide bonds. The van der Waals surface area contributed by atoms with E-state index in [0.29, 0.717) is 19.1 Å². The van der Waals surface area contributed by atoms with Crippen molar-refractivity contribution in [3.8, 4) is 0 Å². The van der Waals surface area contributed by atoms with Crippen LogP contribution in [0.3, 0.4) is 0 Å². The van der Waals surface area contributed by atoms with Gasteiger partial charge >= 0.3 is 0 Å². The van der Waals surface area contributed by atoms with Crippen molar-refractivity contribution in [2.75, 3.05) is 38.7 Å². The SMILES string of the molecule is COCC(=O)N1CCC[C@@]2(C[C@H](Nc3ncccn3)CO2)C1. The molecule has 0 aromatic carbocycles. The number of likely N-dealkylation sites (tertiary alicyclic amines) is 1. The topological polar surface area (TPSA) is 76.6 Å². The minimum atomic E-state index is -0.242. The maximum Gasteiger partial charge on any atom is 0.248 e. The minimum Gasteiger partial charge on any atom is -0.375 e. The number of carbonyl (C=O) groups is 1. The van der Waals surface area contributed by atoms with Crippen molar-refractivity contribution in [1.82, 2.24) is 14.9 Å². The fraction of sp³-hybridized carbons (Fsp3) is 0.667. The number of ether oxygens (including phenoxy) is 2. The Balaban J connectivity index is 1.59. The molecule has 2 atom stereocenters. The van der Waals surface area contributed by atoms with E-state index in [1.54, 1.807) is 25.6 Å². The summed E-state index contributed by atoms with van der Waals surface area (Å²) in [6.45, 7) is 2.18. The largest absolute Gasteiger partial charge is 0.375 e. The Morgan fingerprint density at radius 3 is 3.14 bits per heavy atom. The van der Waals surface area contributed by atoms with Gasteiger partial charge in [0, 0.05) is 39.0 Å². The lowest BCUT2D eigenvalue weighted by Crippen LogP contribution is -2.51. The second kappa shape index (κ2) is 6.58. The summed E-state index contributed by atoms with van der Waals surface area (Å²) in [4.78, 5) is 22.2.